The van der Waals surface area contributed by atoms with Gasteiger partial charge in [-0.3, -0.25) is 0 Å². The van der Waals surface area contributed by atoms with Gasteiger partial charge in [-0.1, -0.05) is 12.1 Å². The molecule has 0 amide bonds. The second kappa shape index (κ2) is 6.63. The summed E-state index contributed by atoms with van der Waals surface area (Å²) in [4.78, 5) is 0. The number of benzene rings is 2. The first-order chi connectivity index (χ1) is 9.72. The Morgan fingerprint density at radius 2 is 1.95 bits per heavy atom. The molecule has 0 heterocycles. The standard InChI is InChI=1S/C17H18N2O/c1-3-20-17-6-4-5-15(11-17)13(2)19-16-9-7-14(12-18)8-10-16/h4-11,13,19H,3H2,1-2H3. The zero-order valence-electron chi connectivity index (χ0n) is 11.8. The van der Waals surface area contributed by atoms with E-state index in [9.17, 15) is 0 Å². The summed E-state index contributed by atoms with van der Waals surface area (Å²) in [5, 5.41) is 12.2. The van der Waals surface area contributed by atoms with Crippen LogP contribution in [0.25, 0.3) is 0 Å². The normalized spacial score (nSPS) is 11.4. The lowest BCUT2D eigenvalue weighted by Crippen LogP contribution is -2.06. The Labute approximate surface area is 119 Å². The molecule has 0 bridgehead atoms. The second-order valence-electron chi connectivity index (χ2n) is 4.56. The van der Waals surface area contributed by atoms with Crippen molar-refractivity contribution in [1.29, 1.82) is 5.26 Å². The molecular weight excluding hydrogens is 248 g/mol. The Hall–Kier alpha value is -2.47. The first kappa shape index (κ1) is 14.0. The number of nitrogens with one attached hydrogen (secondary N) is 1. The van der Waals surface area contributed by atoms with E-state index in [1.165, 1.54) is 5.56 Å². The second-order valence-corrected chi connectivity index (χ2v) is 4.56. The molecule has 3 nitrogen and oxygen atoms in total. The van der Waals surface area contributed by atoms with Gasteiger partial charge in [0.2, 0.25) is 0 Å². The molecule has 1 atom stereocenters. The van der Waals surface area contributed by atoms with E-state index < -0.39 is 0 Å². The summed E-state index contributed by atoms with van der Waals surface area (Å²) in [6.07, 6.45) is 0. The van der Waals surface area contributed by atoms with Gasteiger partial charge in [0.25, 0.3) is 0 Å². The number of hydrogen-bond donors (Lipinski definition) is 1. The topological polar surface area (TPSA) is 45.0 Å². The summed E-state index contributed by atoms with van der Waals surface area (Å²) < 4.78 is 5.51. The maximum atomic E-state index is 8.79. The highest BCUT2D eigenvalue weighted by Gasteiger charge is 2.06. The zero-order valence-corrected chi connectivity index (χ0v) is 11.8. The quantitative estimate of drug-likeness (QED) is 0.885. The molecule has 0 fully saturated rings. The fourth-order valence-corrected chi connectivity index (χ4v) is 2.01. The Bertz CT molecular complexity index is 599. The molecular formula is C17H18N2O. The number of anilines is 1. The van der Waals surface area contributed by atoms with E-state index >= 15 is 0 Å². The number of rotatable bonds is 5. The fourth-order valence-electron chi connectivity index (χ4n) is 2.01. The molecule has 2 aromatic carbocycles. The van der Waals surface area contributed by atoms with Crippen LogP contribution < -0.4 is 10.1 Å². The van der Waals surface area contributed by atoms with E-state index in [0.29, 0.717) is 12.2 Å². The van der Waals surface area contributed by atoms with Crippen LogP contribution in [-0.4, -0.2) is 6.61 Å². The Morgan fingerprint density at radius 3 is 2.60 bits per heavy atom. The molecule has 0 saturated heterocycles. The number of hydrogen-bond acceptors (Lipinski definition) is 3. The predicted octanol–water partition coefficient (Wildman–Crippen LogP) is 4.13. The number of nitrogens with zero attached hydrogens (tertiary/aromatic N) is 1. The predicted molar refractivity (Wildman–Crippen MR) is 80.8 cm³/mol. The average molecular weight is 266 g/mol. The minimum Gasteiger partial charge on any atom is -0.494 e. The van der Waals surface area contributed by atoms with Crippen molar-refractivity contribution in [2.24, 2.45) is 0 Å². The van der Waals surface area contributed by atoms with Gasteiger partial charge in [-0.05, 0) is 55.8 Å². The Kier molecular flexibility index (Phi) is 4.62. The van der Waals surface area contributed by atoms with Crippen LogP contribution in [0.5, 0.6) is 5.75 Å². The van der Waals surface area contributed by atoms with Crippen LogP contribution in [0.3, 0.4) is 0 Å². The Morgan fingerprint density at radius 1 is 1.20 bits per heavy atom. The minimum atomic E-state index is 0.170. The van der Waals surface area contributed by atoms with Crippen LogP contribution in [0.2, 0.25) is 0 Å². The Balaban J connectivity index is 2.08. The molecule has 0 aliphatic rings. The van der Waals surface area contributed by atoms with Gasteiger partial charge in [0.15, 0.2) is 0 Å². The lowest BCUT2D eigenvalue weighted by molar-refractivity contribution is 0.340. The van der Waals surface area contributed by atoms with Gasteiger partial charge < -0.3 is 10.1 Å². The molecule has 2 rings (SSSR count). The van der Waals surface area contributed by atoms with E-state index in [-0.39, 0.29) is 6.04 Å². The molecule has 0 aliphatic carbocycles. The lowest BCUT2D eigenvalue weighted by atomic mass is 10.1. The molecule has 0 aromatic heterocycles. The zero-order chi connectivity index (χ0) is 14.4. The van der Waals surface area contributed by atoms with Crippen molar-refractivity contribution in [1.82, 2.24) is 0 Å². The summed E-state index contributed by atoms with van der Waals surface area (Å²) in [5.41, 5.74) is 2.83. The first-order valence-electron chi connectivity index (χ1n) is 6.72. The molecule has 1 N–H and O–H groups in total. The first-order valence-corrected chi connectivity index (χ1v) is 6.72. The van der Waals surface area contributed by atoms with Gasteiger partial charge in [0.05, 0.1) is 18.2 Å². The SMILES string of the molecule is CCOc1cccc(C(C)Nc2ccc(C#N)cc2)c1. The summed E-state index contributed by atoms with van der Waals surface area (Å²) in [6.45, 7) is 4.75. The van der Waals surface area contributed by atoms with Crippen molar-refractivity contribution in [3.8, 4) is 11.8 Å². The smallest absolute Gasteiger partial charge is 0.119 e. The largest absolute Gasteiger partial charge is 0.494 e. The van der Waals surface area contributed by atoms with Crippen LogP contribution in [0.1, 0.15) is 31.0 Å². The molecule has 0 saturated carbocycles. The highest BCUT2D eigenvalue weighted by molar-refractivity contribution is 5.49. The minimum absolute atomic E-state index is 0.170. The maximum absolute atomic E-state index is 8.79. The highest BCUT2D eigenvalue weighted by Crippen LogP contribution is 2.23. The van der Waals surface area contributed by atoms with Crippen LogP contribution in [0, 0.1) is 11.3 Å². The molecule has 0 aliphatic heterocycles. The highest BCUT2D eigenvalue weighted by atomic mass is 16.5. The summed E-state index contributed by atoms with van der Waals surface area (Å²) in [6, 6.07) is 17.8. The fraction of sp³-hybridized carbons (Fsp3) is 0.235. The summed E-state index contributed by atoms with van der Waals surface area (Å²) >= 11 is 0. The lowest BCUT2D eigenvalue weighted by Gasteiger charge is -2.16. The summed E-state index contributed by atoms with van der Waals surface area (Å²) in [7, 11) is 0. The van der Waals surface area contributed by atoms with E-state index in [4.69, 9.17) is 10.00 Å². The third kappa shape index (κ3) is 3.52. The van der Waals surface area contributed by atoms with Gasteiger partial charge in [-0.15, -0.1) is 0 Å². The molecule has 102 valence electrons. The van der Waals surface area contributed by atoms with Crippen LogP contribution in [0.15, 0.2) is 48.5 Å². The number of ether oxygens (including phenoxy) is 1. The van der Waals surface area contributed by atoms with Crippen molar-refractivity contribution in [3.63, 3.8) is 0 Å². The van der Waals surface area contributed by atoms with Gasteiger partial charge in [-0.25, -0.2) is 0 Å². The molecule has 0 spiro atoms. The van der Waals surface area contributed by atoms with Crippen molar-refractivity contribution < 1.29 is 4.74 Å². The molecule has 2 aromatic rings. The van der Waals surface area contributed by atoms with Gasteiger partial charge in [-0.2, -0.15) is 5.26 Å². The van der Waals surface area contributed by atoms with Crippen molar-refractivity contribution in [2.75, 3.05) is 11.9 Å². The molecule has 3 heteroatoms. The molecule has 20 heavy (non-hydrogen) atoms. The maximum Gasteiger partial charge on any atom is 0.119 e. The monoisotopic (exact) mass is 266 g/mol. The molecule has 1 unspecified atom stereocenters. The average Bonchev–Trinajstić information content (AvgIpc) is 2.48. The third-order valence-corrected chi connectivity index (χ3v) is 3.07. The number of nitriles is 1. The van der Waals surface area contributed by atoms with Crippen molar-refractivity contribution in [2.45, 2.75) is 19.9 Å². The van der Waals surface area contributed by atoms with E-state index in [1.807, 2.05) is 49.4 Å². The van der Waals surface area contributed by atoms with Gasteiger partial charge >= 0.3 is 0 Å². The van der Waals surface area contributed by atoms with Crippen LogP contribution in [0.4, 0.5) is 5.69 Å². The van der Waals surface area contributed by atoms with E-state index in [1.54, 1.807) is 0 Å². The van der Waals surface area contributed by atoms with Crippen molar-refractivity contribution in [3.05, 3.63) is 59.7 Å². The van der Waals surface area contributed by atoms with Gasteiger partial charge in [0, 0.05) is 11.7 Å². The van der Waals surface area contributed by atoms with Crippen LogP contribution in [-0.2, 0) is 0 Å². The molecule has 0 radical (unpaired) electrons. The van der Waals surface area contributed by atoms with Crippen LogP contribution >= 0.6 is 0 Å². The van der Waals surface area contributed by atoms with E-state index in [0.717, 1.165) is 11.4 Å². The summed E-state index contributed by atoms with van der Waals surface area (Å²) in [5.74, 6) is 0.887. The van der Waals surface area contributed by atoms with Crippen molar-refractivity contribution >= 4 is 5.69 Å². The van der Waals surface area contributed by atoms with Gasteiger partial charge in [0.1, 0.15) is 5.75 Å². The third-order valence-electron chi connectivity index (χ3n) is 3.07. The van der Waals surface area contributed by atoms with E-state index in [2.05, 4.69) is 24.4 Å².